The Morgan fingerprint density at radius 2 is 1.79 bits per heavy atom. The molecule has 0 aliphatic rings. The largest absolute Gasteiger partial charge is 0.418 e. The van der Waals surface area contributed by atoms with E-state index < -0.39 is 11.7 Å². The van der Waals surface area contributed by atoms with Crippen LogP contribution in [0, 0.1) is 6.92 Å². The van der Waals surface area contributed by atoms with E-state index in [2.05, 4.69) is 0 Å². The molecule has 0 saturated carbocycles. The van der Waals surface area contributed by atoms with Crippen molar-refractivity contribution in [3.63, 3.8) is 0 Å². The Bertz CT molecular complexity index is 700. The molecule has 2 rings (SSSR count). The Morgan fingerprint density at radius 3 is 2.33 bits per heavy atom. The highest BCUT2D eigenvalue weighted by atomic mass is 35.5. The van der Waals surface area contributed by atoms with Crippen molar-refractivity contribution >= 4 is 23.0 Å². The summed E-state index contributed by atoms with van der Waals surface area (Å²) < 4.78 is 39.7. The molecule has 0 spiro atoms. The van der Waals surface area contributed by atoms with Crippen molar-refractivity contribution in [3.8, 4) is 0 Å². The van der Waals surface area contributed by atoms with E-state index in [1.54, 1.807) is 0 Å². The monoisotopic (exact) mass is 356 g/mol. The summed E-state index contributed by atoms with van der Waals surface area (Å²) in [6.45, 7) is 4.52. The fourth-order valence-electron chi connectivity index (χ4n) is 2.61. The molecule has 0 unspecified atom stereocenters. The number of halogens is 4. The smallest absolute Gasteiger partial charge is 0.398 e. The van der Waals surface area contributed by atoms with Gasteiger partial charge in [-0.2, -0.15) is 13.2 Å². The molecule has 0 bridgehead atoms. The van der Waals surface area contributed by atoms with Gasteiger partial charge >= 0.3 is 6.18 Å². The van der Waals surface area contributed by atoms with Gasteiger partial charge in [-0.1, -0.05) is 41.9 Å². The Kier molecular flexibility index (Phi) is 5.65. The molecule has 0 amide bonds. The molecule has 2 aromatic carbocycles. The second kappa shape index (κ2) is 7.34. The van der Waals surface area contributed by atoms with Crippen LogP contribution >= 0.6 is 11.6 Å². The quantitative estimate of drug-likeness (QED) is 0.735. The molecule has 24 heavy (non-hydrogen) atoms. The van der Waals surface area contributed by atoms with Crippen molar-refractivity contribution in [1.29, 1.82) is 0 Å². The highest BCUT2D eigenvalue weighted by Crippen LogP contribution is 2.42. The summed E-state index contributed by atoms with van der Waals surface area (Å²) in [6, 6.07) is 10.8. The van der Waals surface area contributed by atoms with Crippen molar-refractivity contribution < 1.29 is 13.2 Å². The summed E-state index contributed by atoms with van der Waals surface area (Å²) in [5.74, 6) is 0. The lowest BCUT2D eigenvalue weighted by Crippen LogP contribution is -2.26. The predicted molar refractivity (Wildman–Crippen MR) is 93.6 cm³/mol. The van der Waals surface area contributed by atoms with Crippen LogP contribution in [0.4, 0.5) is 24.5 Å². The number of hydrogen-bond acceptors (Lipinski definition) is 2. The fourth-order valence-corrected chi connectivity index (χ4v) is 2.89. The number of likely N-dealkylation sites (N-methyl/N-ethyl adjacent to an activating group) is 1. The molecular formula is C18H20ClF3N2. The van der Waals surface area contributed by atoms with E-state index in [-0.39, 0.29) is 16.3 Å². The third-order valence-corrected chi connectivity index (χ3v) is 4.55. The molecule has 2 nitrogen and oxygen atoms in total. The number of anilines is 2. The Labute approximate surface area is 145 Å². The molecule has 6 heteroatoms. The average molecular weight is 357 g/mol. The fraction of sp³-hybridized carbons (Fsp3) is 0.333. The van der Waals surface area contributed by atoms with E-state index in [0.29, 0.717) is 18.8 Å². The minimum Gasteiger partial charge on any atom is -0.398 e. The molecule has 0 aliphatic heterocycles. The Morgan fingerprint density at radius 1 is 1.17 bits per heavy atom. The van der Waals surface area contributed by atoms with Gasteiger partial charge in [0.2, 0.25) is 0 Å². The zero-order valence-electron chi connectivity index (χ0n) is 13.6. The minimum atomic E-state index is -4.51. The van der Waals surface area contributed by atoms with Gasteiger partial charge in [-0.25, -0.2) is 0 Å². The van der Waals surface area contributed by atoms with E-state index in [1.807, 2.05) is 42.2 Å². The van der Waals surface area contributed by atoms with Gasteiger partial charge in [0.15, 0.2) is 0 Å². The standard InChI is InChI=1S/C18H20ClF3N2/c1-3-24(10-9-13-7-5-4-6-8-13)15-11-14(18(20,21)22)17(23)12(2)16(15)19/h4-8,11H,3,9-10,23H2,1-2H3. The maximum Gasteiger partial charge on any atom is 0.418 e. The summed E-state index contributed by atoms with van der Waals surface area (Å²) in [6.07, 6.45) is -3.79. The molecule has 0 saturated heterocycles. The molecule has 130 valence electrons. The first-order chi connectivity index (χ1) is 11.3. The third-order valence-electron chi connectivity index (χ3n) is 4.07. The topological polar surface area (TPSA) is 29.3 Å². The van der Waals surface area contributed by atoms with E-state index in [0.717, 1.165) is 18.1 Å². The lowest BCUT2D eigenvalue weighted by atomic mass is 10.0. The highest BCUT2D eigenvalue weighted by Gasteiger charge is 2.35. The minimum absolute atomic E-state index is 0.264. The highest BCUT2D eigenvalue weighted by molar-refractivity contribution is 6.34. The lowest BCUT2D eigenvalue weighted by molar-refractivity contribution is -0.136. The second-order valence-corrected chi connectivity index (χ2v) is 5.99. The van der Waals surface area contributed by atoms with Crippen LogP contribution in [0.15, 0.2) is 36.4 Å². The molecular weight excluding hydrogens is 337 g/mol. The van der Waals surface area contributed by atoms with Crippen LogP contribution in [0.3, 0.4) is 0 Å². The first kappa shape index (κ1) is 18.5. The van der Waals surface area contributed by atoms with Gasteiger partial charge in [-0.3, -0.25) is 0 Å². The van der Waals surface area contributed by atoms with Gasteiger partial charge < -0.3 is 10.6 Å². The summed E-state index contributed by atoms with van der Waals surface area (Å²) in [5.41, 5.74) is 6.23. The molecule has 0 fully saturated rings. The number of hydrogen-bond donors (Lipinski definition) is 1. The number of nitrogen functional groups attached to an aromatic ring is 1. The number of alkyl halides is 3. The van der Waals surface area contributed by atoms with Crippen molar-refractivity contribution in [3.05, 3.63) is 58.1 Å². The number of benzene rings is 2. The first-order valence-electron chi connectivity index (χ1n) is 7.70. The Hall–Kier alpha value is -1.88. The molecule has 0 radical (unpaired) electrons. The third kappa shape index (κ3) is 3.96. The van der Waals surface area contributed by atoms with E-state index in [4.69, 9.17) is 17.3 Å². The van der Waals surface area contributed by atoms with Crippen LogP contribution in [-0.2, 0) is 12.6 Å². The van der Waals surface area contributed by atoms with Gasteiger partial charge in [0, 0.05) is 18.8 Å². The van der Waals surface area contributed by atoms with E-state index in [1.165, 1.54) is 6.92 Å². The molecule has 2 aromatic rings. The molecule has 0 atom stereocenters. The van der Waals surface area contributed by atoms with Crippen molar-refractivity contribution in [2.75, 3.05) is 23.7 Å². The summed E-state index contributed by atoms with van der Waals surface area (Å²) >= 11 is 6.29. The zero-order chi connectivity index (χ0) is 17.9. The van der Waals surface area contributed by atoms with E-state index in [9.17, 15) is 13.2 Å². The summed E-state index contributed by atoms with van der Waals surface area (Å²) in [5, 5.41) is 0.274. The maximum atomic E-state index is 13.2. The SMILES string of the molecule is CCN(CCc1ccccc1)c1cc(C(F)(F)F)c(N)c(C)c1Cl. The van der Waals surface area contributed by atoms with Gasteiger partial charge in [-0.15, -0.1) is 0 Å². The van der Waals surface area contributed by atoms with Crippen LogP contribution in [-0.4, -0.2) is 13.1 Å². The maximum absolute atomic E-state index is 13.2. The van der Waals surface area contributed by atoms with Gasteiger partial charge in [0.25, 0.3) is 0 Å². The number of nitrogens with zero attached hydrogens (tertiary/aromatic N) is 1. The van der Waals surface area contributed by atoms with Gasteiger partial charge in [-0.05, 0) is 37.5 Å². The van der Waals surface area contributed by atoms with Crippen molar-refractivity contribution in [2.45, 2.75) is 26.4 Å². The first-order valence-corrected chi connectivity index (χ1v) is 8.08. The molecule has 2 N–H and O–H groups in total. The van der Waals surface area contributed by atoms with Crippen LogP contribution in [0.25, 0.3) is 0 Å². The molecule has 0 heterocycles. The number of nitrogens with two attached hydrogens (primary N) is 1. The summed E-state index contributed by atoms with van der Waals surface area (Å²) in [7, 11) is 0. The average Bonchev–Trinajstić information content (AvgIpc) is 2.54. The van der Waals surface area contributed by atoms with Crippen molar-refractivity contribution in [2.24, 2.45) is 0 Å². The lowest BCUT2D eigenvalue weighted by Gasteiger charge is -2.27. The van der Waals surface area contributed by atoms with Gasteiger partial charge in [0.05, 0.1) is 16.3 Å². The van der Waals surface area contributed by atoms with Crippen LogP contribution < -0.4 is 10.6 Å². The van der Waals surface area contributed by atoms with Crippen LogP contribution in [0.2, 0.25) is 5.02 Å². The van der Waals surface area contributed by atoms with Crippen molar-refractivity contribution in [1.82, 2.24) is 0 Å². The second-order valence-electron chi connectivity index (χ2n) is 5.61. The number of rotatable bonds is 5. The molecule has 0 aliphatic carbocycles. The van der Waals surface area contributed by atoms with E-state index >= 15 is 0 Å². The summed E-state index contributed by atoms with van der Waals surface area (Å²) in [4.78, 5) is 1.84. The van der Waals surface area contributed by atoms with Crippen LogP contribution in [0.1, 0.15) is 23.6 Å². The van der Waals surface area contributed by atoms with Crippen LogP contribution in [0.5, 0.6) is 0 Å². The zero-order valence-corrected chi connectivity index (χ0v) is 14.4. The normalized spacial score (nSPS) is 11.6. The molecule has 0 aromatic heterocycles. The Balaban J connectivity index is 2.35. The predicted octanol–water partition coefficient (Wildman–Crippen LogP) is 5.32. The van der Waals surface area contributed by atoms with Gasteiger partial charge in [0.1, 0.15) is 0 Å².